The van der Waals surface area contributed by atoms with E-state index in [0.29, 0.717) is 33.3 Å². The Bertz CT molecular complexity index is 1160. The predicted molar refractivity (Wildman–Crippen MR) is 130 cm³/mol. The fourth-order valence-electron chi connectivity index (χ4n) is 4.77. The SMILES string of the molecule is C[N+]1(C(c2ccc(Cl)cc2)c2ccc(Cl)cc2)CC(N(c2cccc(O)c2)S(C)(=O)=O)C1. The third kappa shape index (κ3) is 4.59. The van der Waals surface area contributed by atoms with E-state index in [2.05, 4.69) is 7.05 Å². The van der Waals surface area contributed by atoms with Gasteiger partial charge in [0.05, 0.1) is 19.0 Å². The van der Waals surface area contributed by atoms with E-state index in [0.717, 1.165) is 11.1 Å². The minimum absolute atomic E-state index is 0.00799. The van der Waals surface area contributed by atoms with E-state index in [4.69, 9.17) is 23.2 Å². The van der Waals surface area contributed by atoms with Crippen LogP contribution in [-0.2, 0) is 10.0 Å². The molecule has 32 heavy (non-hydrogen) atoms. The highest BCUT2D eigenvalue weighted by atomic mass is 35.5. The van der Waals surface area contributed by atoms with Crippen LogP contribution >= 0.6 is 23.2 Å². The number of quaternary nitrogens is 1. The summed E-state index contributed by atoms with van der Waals surface area (Å²) >= 11 is 12.2. The summed E-state index contributed by atoms with van der Waals surface area (Å²) in [5, 5.41) is 11.2. The number of likely N-dealkylation sites (tertiary alicyclic amines) is 1. The highest BCUT2D eigenvalue weighted by Crippen LogP contribution is 2.42. The molecule has 1 aliphatic heterocycles. The Morgan fingerprint density at radius 2 is 1.44 bits per heavy atom. The lowest BCUT2D eigenvalue weighted by Crippen LogP contribution is -2.71. The van der Waals surface area contributed by atoms with E-state index in [1.807, 2.05) is 48.5 Å². The Labute approximate surface area is 199 Å². The zero-order valence-corrected chi connectivity index (χ0v) is 20.1. The number of anilines is 1. The van der Waals surface area contributed by atoms with Gasteiger partial charge in [0.15, 0.2) is 0 Å². The second-order valence-electron chi connectivity index (χ2n) is 8.58. The Morgan fingerprint density at radius 3 is 1.88 bits per heavy atom. The highest BCUT2D eigenvalue weighted by molar-refractivity contribution is 7.92. The van der Waals surface area contributed by atoms with Gasteiger partial charge in [-0.3, -0.25) is 4.31 Å². The van der Waals surface area contributed by atoms with E-state index >= 15 is 0 Å². The van der Waals surface area contributed by atoms with Crippen LogP contribution in [0.25, 0.3) is 0 Å². The lowest BCUT2D eigenvalue weighted by molar-refractivity contribution is -0.970. The number of phenols is 1. The number of likely N-dealkylation sites (N-methyl/N-ethyl adjacent to an activating group) is 1. The van der Waals surface area contributed by atoms with Crippen LogP contribution in [0.3, 0.4) is 0 Å². The number of halogens is 2. The van der Waals surface area contributed by atoms with Crippen molar-refractivity contribution in [3.63, 3.8) is 0 Å². The van der Waals surface area contributed by atoms with Crippen molar-refractivity contribution in [2.24, 2.45) is 0 Å². The Balaban J connectivity index is 1.69. The van der Waals surface area contributed by atoms with Crippen molar-refractivity contribution in [3.05, 3.63) is 94.0 Å². The molecule has 1 N–H and O–H groups in total. The number of rotatable bonds is 6. The van der Waals surface area contributed by atoms with Gasteiger partial charge in [-0.05, 0) is 36.4 Å². The van der Waals surface area contributed by atoms with Gasteiger partial charge in [-0.2, -0.15) is 0 Å². The van der Waals surface area contributed by atoms with Gasteiger partial charge in [-0.1, -0.05) is 53.5 Å². The second kappa shape index (κ2) is 8.60. The number of hydrogen-bond donors (Lipinski definition) is 1. The fourth-order valence-corrected chi connectivity index (χ4v) is 6.20. The highest BCUT2D eigenvalue weighted by Gasteiger charge is 2.51. The van der Waals surface area contributed by atoms with Crippen LogP contribution in [0.5, 0.6) is 5.75 Å². The molecule has 0 aromatic heterocycles. The van der Waals surface area contributed by atoms with Gasteiger partial charge in [-0.25, -0.2) is 8.42 Å². The quantitative estimate of drug-likeness (QED) is 0.488. The summed E-state index contributed by atoms with van der Waals surface area (Å²) in [5.41, 5.74) is 2.67. The molecule has 1 fully saturated rings. The average molecular weight is 492 g/mol. The van der Waals surface area contributed by atoms with Crippen LogP contribution in [0.4, 0.5) is 5.69 Å². The molecule has 0 saturated carbocycles. The molecule has 168 valence electrons. The molecule has 3 aromatic rings. The number of sulfonamides is 1. The summed E-state index contributed by atoms with van der Waals surface area (Å²) in [5.74, 6) is 0.0351. The lowest BCUT2D eigenvalue weighted by atomic mass is 9.90. The van der Waals surface area contributed by atoms with Crippen molar-refractivity contribution in [2.75, 3.05) is 30.7 Å². The Morgan fingerprint density at radius 1 is 0.938 bits per heavy atom. The molecule has 1 aliphatic rings. The van der Waals surface area contributed by atoms with Crippen molar-refractivity contribution < 1.29 is 18.0 Å². The summed E-state index contributed by atoms with van der Waals surface area (Å²) in [4.78, 5) is 0. The fraction of sp³-hybridized carbons (Fsp3) is 0.250. The first kappa shape index (κ1) is 22.9. The Kier molecular flexibility index (Phi) is 6.16. The van der Waals surface area contributed by atoms with E-state index in [-0.39, 0.29) is 17.8 Å². The first-order chi connectivity index (χ1) is 15.1. The third-order valence-electron chi connectivity index (χ3n) is 6.02. The summed E-state index contributed by atoms with van der Waals surface area (Å²) < 4.78 is 27.4. The predicted octanol–water partition coefficient (Wildman–Crippen LogP) is 5.08. The maximum atomic E-state index is 12.7. The molecule has 0 atom stereocenters. The van der Waals surface area contributed by atoms with Crippen molar-refractivity contribution in [2.45, 2.75) is 12.1 Å². The zero-order valence-electron chi connectivity index (χ0n) is 17.8. The van der Waals surface area contributed by atoms with E-state index in [1.54, 1.807) is 12.1 Å². The van der Waals surface area contributed by atoms with Crippen molar-refractivity contribution in [1.82, 2.24) is 0 Å². The molecule has 1 heterocycles. The minimum atomic E-state index is -3.53. The molecule has 0 unspecified atom stereocenters. The minimum Gasteiger partial charge on any atom is -0.508 e. The number of benzene rings is 3. The molecular weight excluding hydrogens is 467 g/mol. The largest absolute Gasteiger partial charge is 0.508 e. The number of nitrogens with zero attached hydrogens (tertiary/aromatic N) is 2. The van der Waals surface area contributed by atoms with E-state index in [1.165, 1.54) is 22.7 Å². The maximum absolute atomic E-state index is 12.7. The summed E-state index contributed by atoms with van der Waals surface area (Å²) in [6.07, 6.45) is 1.20. The number of aromatic hydroxyl groups is 1. The topological polar surface area (TPSA) is 57.6 Å². The summed E-state index contributed by atoms with van der Waals surface area (Å²) in [7, 11) is -1.40. The Hall–Kier alpha value is -2.25. The second-order valence-corrected chi connectivity index (χ2v) is 11.3. The molecule has 5 nitrogen and oxygen atoms in total. The van der Waals surface area contributed by atoms with Gasteiger partial charge >= 0.3 is 0 Å². The van der Waals surface area contributed by atoms with Crippen LogP contribution < -0.4 is 4.31 Å². The first-order valence-electron chi connectivity index (χ1n) is 10.2. The monoisotopic (exact) mass is 491 g/mol. The molecular formula is C24H25Cl2N2O3S+. The van der Waals surface area contributed by atoms with Crippen LogP contribution in [0.15, 0.2) is 72.8 Å². The van der Waals surface area contributed by atoms with Gasteiger partial charge in [0.1, 0.15) is 30.9 Å². The molecule has 0 amide bonds. The van der Waals surface area contributed by atoms with Crippen molar-refractivity contribution in [1.29, 1.82) is 0 Å². The van der Waals surface area contributed by atoms with Crippen LogP contribution in [0.1, 0.15) is 17.2 Å². The van der Waals surface area contributed by atoms with Crippen molar-refractivity contribution >= 4 is 38.9 Å². The lowest BCUT2D eigenvalue weighted by Gasteiger charge is -2.54. The van der Waals surface area contributed by atoms with Crippen LogP contribution in [0, 0.1) is 0 Å². The maximum Gasteiger partial charge on any atom is 0.232 e. The molecule has 1 saturated heterocycles. The van der Waals surface area contributed by atoms with Gasteiger partial charge < -0.3 is 9.59 Å². The smallest absolute Gasteiger partial charge is 0.232 e. The van der Waals surface area contributed by atoms with E-state index in [9.17, 15) is 13.5 Å². The van der Waals surface area contributed by atoms with Crippen LogP contribution in [-0.4, -0.2) is 50.4 Å². The molecule has 0 bridgehead atoms. The van der Waals surface area contributed by atoms with Gasteiger partial charge in [0.2, 0.25) is 10.0 Å². The van der Waals surface area contributed by atoms with Gasteiger partial charge in [0, 0.05) is 27.2 Å². The normalized spacial score (nSPS) is 20.7. The molecule has 8 heteroatoms. The molecule has 3 aromatic carbocycles. The third-order valence-corrected chi connectivity index (χ3v) is 7.75. The molecule has 4 rings (SSSR count). The standard InChI is InChI=1S/C24H24Cl2N2O3S/c1-28(15-22(16-28)27(32(2,30)31)21-4-3-5-23(29)14-21)24(17-6-10-19(25)11-7-17)18-8-12-20(26)13-9-18/h3-14,22,24H,15-16H2,1-2H3/p+1. The number of hydrogen-bond acceptors (Lipinski definition) is 3. The summed E-state index contributed by atoms with van der Waals surface area (Å²) in [6.45, 7) is 1.22. The molecule has 0 aliphatic carbocycles. The van der Waals surface area contributed by atoms with Gasteiger partial charge in [-0.15, -0.1) is 0 Å². The number of phenolic OH excluding ortho intramolecular Hbond substituents is 1. The van der Waals surface area contributed by atoms with Crippen molar-refractivity contribution in [3.8, 4) is 5.75 Å². The van der Waals surface area contributed by atoms with Gasteiger partial charge in [0.25, 0.3) is 0 Å². The van der Waals surface area contributed by atoms with E-state index < -0.39 is 10.0 Å². The van der Waals surface area contributed by atoms with Crippen LogP contribution in [0.2, 0.25) is 10.0 Å². The molecule has 0 spiro atoms. The molecule has 0 radical (unpaired) electrons. The summed E-state index contributed by atoms with van der Waals surface area (Å²) in [6, 6.07) is 21.7. The zero-order chi connectivity index (χ0) is 23.1. The average Bonchev–Trinajstić information content (AvgIpc) is 2.69. The first-order valence-corrected chi connectivity index (χ1v) is 12.8.